The predicted molar refractivity (Wildman–Crippen MR) is 118 cm³/mol. The lowest BCUT2D eigenvalue weighted by atomic mass is 9.77. The van der Waals surface area contributed by atoms with E-state index in [0.717, 1.165) is 25.7 Å². The average molecular weight is 401 g/mol. The normalized spacial score (nSPS) is 14.5. The van der Waals surface area contributed by atoms with E-state index >= 15 is 0 Å². The molecule has 168 valence electrons. The van der Waals surface area contributed by atoms with Gasteiger partial charge in [-0.15, -0.1) is 0 Å². The van der Waals surface area contributed by atoms with Gasteiger partial charge in [0.25, 0.3) is 5.97 Å². The van der Waals surface area contributed by atoms with Gasteiger partial charge in [-0.05, 0) is 46.5 Å². The Morgan fingerprint density at radius 3 is 1.75 bits per heavy atom. The molecule has 0 aliphatic carbocycles. The number of hydrogen-bond acceptors (Lipinski definition) is 4. The zero-order valence-electron chi connectivity index (χ0n) is 19.7. The number of unbranched alkanes of at least 4 members (excludes halogenated alkanes) is 5. The molecule has 0 aromatic heterocycles. The highest BCUT2D eigenvalue weighted by molar-refractivity contribution is 4.86. The van der Waals surface area contributed by atoms with E-state index in [4.69, 9.17) is 18.9 Å². The minimum Gasteiger partial charge on any atom is -0.502 e. The monoisotopic (exact) mass is 400 g/mol. The van der Waals surface area contributed by atoms with Gasteiger partial charge in [-0.3, -0.25) is 0 Å². The summed E-state index contributed by atoms with van der Waals surface area (Å²) in [6, 6.07) is 0. The highest BCUT2D eigenvalue weighted by atomic mass is 16.9. The molecule has 0 aliphatic heterocycles. The minimum atomic E-state index is -0.978. The summed E-state index contributed by atoms with van der Waals surface area (Å²) in [6.45, 7) is 15.1. The number of ether oxygens (including phenoxy) is 4. The van der Waals surface area contributed by atoms with Crippen molar-refractivity contribution in [2.24, 2.45) is 5.41 Å². The Hall–Kier alpha value is -0.580. The van der Waals surface area contributed by atoms with Crippen molar-refractivity contribution in [2.75, 3.05) is 26.4 Å². The minimum absolute atomic E-state index is 0.211. The summed E-state index contributed by atoms with van der Waals surface area (Å²) in [5.41, 5.74) is -0.211. The van der Waals surface area contributed by atoms with Crippen LogP contribution < -0.4 is 0 Å². The van der Waals surface area contributed by atoms with E-state index in [1.807, 2.05) is 33.1 Å². The zero-order chi connectivity index (χ0) is 21.1. The van der Waals surface area contributed by atoms with Gasteiger partial charge >= 0.3 is 0 Å². The lowest BCUT2D eigenvalue weighted by Crippen LogP contribution is -2.53. The topological polar surface area (TPSA) is 36.9 Å². The maximum absolute atomic E-state index is 6.17. The van der Waals surface area contributed by atoms with Crippen LogP contribution in [0.5, 0.6) is 0 Å². The van der Waals surface area contributed by atoms with Gasteiger partial charge in [0.05, 0.1) is 12.9 Å². The highest BCUT2D eigenvalue weighted by Crippen LogP contribution is 2.45. The van der Waals surface area contributed by atoms with Crippen molar-refractivity contribution >= 4 is 0 Å². The van der Waals surface area contributed by atoms with E-state index in [0.29, 0.717) is 26.4 Å². The fourth-order valence-corrected chi connectivity index (χ4v) is 3.72. The summed E-state index contributed by atoms with van der Waals surface area (Å²) in [6.07, 6.45) is 15.5. The van der Waals surface area contributed by atoms with Crippen molar-refractivity contribution in [3.8, 4) is 0 Å². The van der Waals surface area contributed by atoms with Crippen LogP contribution in [0.25, 0.3) is 0 Å². The van der Waals surface area contributed by atoms with Crippen LogP contribution in [0, 0.1) is 5.41 Å². The summed E-state index contributed by atoms with van der Waals surface area (Å²) >= 11 is 0. The van der Waals surface area contributed by atoms with Gasteiger partial charge in [-0.2, -0.15) is 0 Å². The molecular weight excluding hydrogens is 352 g/mol. The molecule has 0 aliphatic rings. The van der Waals surface area contributed by atoms with Gasteiger partial charge in [-0.25, -0.2) is 0 Å². The SMILES string of the molecule is CCC=COCCCC(C)(CCCCCCCC)C(OCC)(OCC)OCC. The molecule has 28 heavy (non-hydrogen) atoms. The maximum Gasteiger partial charge on any atom is 0.288 e. The van der Waals surface area contributed by atoms with E-state index in [1.54, 1.807) is 0 Å². The van der Waals surface area contributed by atoms with Crippen LogP contribution >= 0.6 is 0 Å². The Morgan fingerprint density at radius 2 is 1.21 bits per heavy atom. The second-order valence-electron chi connectivity index (χ2n) is 7.69. The van der Waals surface area contributed by atoms with Crippen molar-refractivity contribution in [3.63, 3.8) is 0 Å². The van der Waals surface area contributed by atoms with E-state index in [1.165, 1.54) is 38.5 Å². The molecule has 0 aromatic rings. The Bertz CT molecular complexity index is 353. The highest BCUT2D eigenvalue weighted by Gasteiger charge is 2.51. The van der Waals surface area contributed by atoms with E-state index in [-0.39, 0.29) is 5.41 Å². The first-order valence-corrected chi connectivity index (χ1v) is 11.7. The van der Waals surface area contributed by atoms with Gasteiger partial charge in [-0.1, -0.05) is 65.4 Å². The zero-order valence-corrected chi connectivity index (χ0v) is 19.7. The molecule has 0 rings (SSSR count). The fourth-order valence-electron chi connectivity index (χ4n) is 3.72. The Balaban J connectivity index is 5.09. The molecule has 4 heteroatoms. The van der Waals surface area contributed by atoms with Crippen molar-refractivity contribution in [2.45, 2.75) is 112 Å². The third kappa shape index (κ3) is 10.3. The second-order valence-corrected chi connectivity index (χ2v) is 7.69. The van der Waals surface area contributed by atoms with Crippen molar-refractivity contribution in [1.29, 1.82) is 0 Å². The second kappa shape index (κ2) is 17.3. The van der Waals surface area contributed by atoms with E-state index in [9.17, 15) is 0 Å². The van der Waals surface area contributed by atoms with Crippen LogP contribution in [-0.4, -0.2) is 32.4 Å². The molecule has 0 N–H and O–H groups in total. The van der Waals surface area contributed by atoms with E-state index < -0.39 is 5.97 Å². The third-order valence-electron chi connectivity index (χ3n) is 5.24. The number of rotatable bonds is 20. The average Bonchev–Trinajstić information content (AvgIpc) is 2.68. The summed E-state index contributed by atoms with van der Waals surface area (Å²) in [5, 5.41) is 0. The van der Waals surface area contributed by atoms with Gasteiger partial charge in [0.1, 0.15) is 0 Å². The van der Waals surface area contributed by atoms with Crippen LogP contribution in [0.2, 0.25) is 0 Å². The van der Waals surface area contributed by atoms with Crippen molar-refractivity contribution in [3.05, 3.63) is 12.3 Å². The molecule has 4 nitrogen and oxygen atoms in total. The van der Waals surface area contributed by atoms with Gasteiger partial charge in [0.2, 0.25) is 0 Å². The van der Waals surface area contributed by atoms with Crippen LogP contribution in [-0.2, 0) is 18.9 Å². The molecule has 0 amide bonds. The first-order valence-electron chi connectivity index (χ1n) is 11.7. The molecule has 0 heterocycles. The lowest BCUT2D eigenvalue weighted by molar-refractivity contribution is -0.427. The fraction of sp³-hybridized carbons (Fsp3) is 0.917. The van der Waals surface area contributed by atoms with Gasteiger partial charge in [0, 0.05) is 25.2 Å². The van der Waals surface area contributed by atoms with Gasteiger partial charge < -0.3 is 18.9 Å². The molecule has 0 saturated carbocycles. The molecule has 1 atom stereocenters. The molecular formula is C24H48O4. The summed E-state index contributed by atoms with van der Waals surface area (Å²) in [5.74, 6) is -0.978. The number of allylic oxidation sites excluding steroid dienone is 1. The Kier molecular flexibility index (Phi) is 16.9. The van der Waals surface area contributed by atoms with Gasteiger partial charge in [0.15, 0.2) is 0 Å². The third-order valence-corrected chi connectivity index (χ3v) is 5.24. The smallest absolute Gasteiger partial charge is 0.288 e. The predicted octanol–water partition coefficient (Wildman–Crippen LogP) is 7.23. The van der Waals surface area contributed by atoms with E-state index in [2.05, 4.69) is 20.8 Å². The van der Waals surface area contributed by atoms with Crippen LogP contribution in [0.3, 0.4) is 0 Å². The molecule has 0 aromatic carbocycles. The largest absolute Gasteiger partial charge is 0.502 e. The van der Waals surface area contributed by atoms with Crippen molar-refractivity contribution < 1.29 is 18.9 Å². The molecule has 0 bridgehead atoms. The molecule has 1 unspecified atom stereocenters. The van der Waals surface area contributed by atoms with Crippen LogP contribution in [0.1, 0.15) is 106 Å². The molecule has 0 fully saturated rings. The summed E-state index contributed by atoms with van der Waals surface area (Å²) in [7, 11) is 0. The quantitative estimate of drug-likeness (QED) is 0.123. The Morgan fingerprint density at radius 1 is 0.679 bits per heavy atom. The van der Waals surface area contributed by atoms with Crippen molar-refractivity contribution in [1.82, 2.24) is 0 Å². The molecule has 0 spiro atoms. The lowest BCUT2D eigenvalue weighted by Gasteiger charge is -2.47. The standard InChI is InChI=1S/C24H48O4/c1-7-12-14-15-16-17-19-23(6,20-18-22-25-21-13-8-2)24(26-9-3,27-10-4)28-11-5/h13,21H,7-12,14-20,22H2,1-6H3. The Labute approximate surface area is 175 Å². The van der Waals surface area contributed by atoms with Crippen LogP contribution in [0.4, 0.5) is 0 Å². The maximum atomic E-state index is 6.17. The first-order chi connectivity index (χ1) is 13.6. The molecule has 0 radical (unpaired) electrons. The molecule has 0 saturated heterocycles. The van der Waals surface area contributed by atoms with Crippen LogP contribution in [0.15, 0.2) is 12.3 Å². The number of hydrogen-bond donors (Lipinski definition) is 0. The summed E-state index contributed by atoms with van der Waals surface area (Å²) in [4.78, 5) is 0. The first kappa shape index (κ1) is 27.4. The summed E-state index contributed by atoms with van der Waals surface area (Å²) < 4.78 is 24.1.